The van der Waals surface area contributed by atoms with Gasteiger partial charge in [0, 0.05) is 29.3 Å². The first-order chi connectivity index (χ1) is 12.4. The van der Waals surface area contributed by atoms with Crippen molar-refractivity contribution in [3.63, 3.8) is 0 Å². The van der Waals surface area contributed by atoms with Crippen molar-refractivity contribution >= 4 is 11.5 Å². The Kier molecular flexibility index (Phi) is 4.84. The van der Waals surface area contributed by atoms with E-state index in [9.17, 15) is 14.9 Å². The van der Waals surface area contributed by atoms with Crippen LogP contribution >= 0.6 is 0 Å². The van der Waals surface area contributed by atoms with E-state index in [4.69, 9.17) is 0 Å². The second-order valence-electron chi connectivity index (χ2n) is 6.16. The van der Waals surface area contributed by atoms with Crippen molar-refractivity contribution < 1.29 is 14.3 Å². The van der Waals surface area contributed by atoms with Crippen molar-refractivity contribution in [2.24, 2.45) is 0 Å². The summed E-state index contributed by atoms with van der Waals surface area (Å²) in [7, 11) is 0. The number of nitro benzene ring substituents is 1. The third kappa shape index (κ3) is 3.80. The highest BCUT2D eigenvalue weighted by Gasteiger charge is 2.14. The normalized spacial score (nSPS) is 10.5. The number of carbonyl (C=O) groups excluding carboxylic acids is 1. The van der Waals surface area contributed by atoms with Gasteiger partial charge in [-0.1, -0.05) is 23.8 Å². The van der Waals surface area contributed by atoms with Crippen molar-refractivity contribution in [3.05, 3.63) is 87.9 Å². The maximum absolute atomic E-state index is 12.3. The van der Waals surface area contributed by atoms with E-state index in [1.165, 1.54) is 29.8 Å². The van der Waals surface area contributed by atoms with Gasteiger partial charge in [-0.3, -0.25) is 14.9 Å². The van der Waals surface area contributed by atoms with Crippen LogP contribution in [0.4, 0.5) is 5.69 Å². The molecule has 0 spiro atoms. The molecule has 0 saturated carbocycles. The smallest absolute Gasteiger partial charge is 0.287 e. The average Bonchev–Trinajstić information content (AvgIpc) is 2.63. The molecular weight excluding hydrogens is 330 g/mol. The third-order valence-electron chi connectivity index (χ3n) is 4.15. The van der Waals surface area contributed by atoms with Crippen LogP contribution in [-0.4, -0.2) is 15.7 Å². The summed E-state index contributed by atoms with van der Waals surface area (Å²) in [5, 5.41) is 10.7. The number of carbonyl (C=O) groups is 1. The van der Waals surface area contributed by atoms with E-state index in [1.54, 1.807) is 10.9 Å². The summed E-state index contributed by atoms with van der Waals surface area (Å²) >= 11 is 0. The number of non-ortho nitro benzene ring substituents is 1. The van der Waals surface area contributed by atoms with Gasteiger partial charge in [-0.15, -0.1) is 0 Å². The molecular formula is C20H18N3O3+. The maximum atomic E-state index is 12.3. The lowest BCUT2D eigenvalue weighted by molar-refractivity contribution is -0.686. The molecule has 3 aromatic rings. The van der Waals surface area contributed by atoms with Crippen molar-refractivity contribution in [3.8, 4) is 11.3 Å². The summed E-state index contributed by atoms with van der Waals surface area (Å²) in [5.74, 6) is -0.133. The van der Waals surface area contributed by atoms with Gasteiger partial charge in [0.15, 0.2) is 12.2 Å². The quantitative estimate of drug-likeness (QED) is 0.306. The second kappa shape index (κ2) is 7.23. The van der Waals surface area contributed by atoms with Crippen LogP contribution in [0.25, 0.3) is 11.3 Å². The Balaban J connectivity index is 1.74. The number of Topliss-reactive ketones (excluding diaryl/α,β-unsaturated/α-hetero) is 1. The van der Waals surface area contributed by atoms with E-state index >= 15 is 0 Å². The Morgan fingerprint density at radius 2 is 1.85 bits per heavy atom. The predicted octanol–water partition coefficient (Wildman–Crippen LogP) is 3.44. The van der Waals surface area contributed by atoms with Crippen molar-refractivity contribution in [1.29, 1.82) is 0 Å². The molecule has 26 heavy (non-hydrogen) atoms. The molecule has 0 unspecified atom stereocenters. The topological polar surface area (TPSA) is 77.0 Å². The molecule has 130 valence electrons. The molecule has 6 nitrogen and oxygen atoms in total. The number of rotatable bonds is 5. The standard InChI is InChI=1S/C20H18N3O3/c1-14-3-8-18(15(2)11-14)19-9-10-22(13-21-19)12-20(24)16-4-6-17(7-5-16)23(25)26/h3-11,13H,12H2,1-2H3/q+1. The van der Waals surface area contributed by atoms with Crippen LogP contribution in [0.1, 0.15) is 21.5 Å². The Labute approximate surface area is 150 Å². The second-order valence-corrected chi connectivity index (χ2v) is 6.16. The van der Waals surface area contributed by atoms with Crippen LogP contribution in [-0.2, 0) is 6.54 Å². The molecule has 2 aromatic carbocycles. The van der Waals surface area contributed by atoms with Gasteiger partial charge < -0.3 is 0 Å². The zero-order valence-corrected chi connectivity index (χ0v) is 14.5. The van der Waals surface area contributed by atoms with Gasteiger partial charge in [0.25, 0.3) is 12.0 Å². The number of aryl methyl sites for hydroxylation is 2. The third-order valence-corrected chi connectivity index (χ3v) is 4.15. The predicted molar refractivity (Wildman–Crippen MR) is 96.8 cm³/mol. The summed E-state index contributed by atoms with van der Waals surface area (Å²) in [4.78, 5) is 27.0. The summed E-state index contributed by atoms with van der Waals surface area (Å²) in [6.45, 7) is 4.22. The average molecular weight is 348 g/mol. The van der Waals surface area contributed by atoms with Crippen LogP contribution < -0.4 is 4.57 Å². The first-order valence-electron chi connectivity index (χ1n) is 8.14. The Morgan fingerprint density at radius 3 is 2.42 bits per heavy atom. The lowest BCUT2D eigenvalue weighted by Gasteiger charge is -2.04. The number of ketones is 1. The van der Waals surface area contributed by atoms with Crippen LogP contribution in [0.2, 0.25) is 0 Å². The van der Waals surface area contributed by atoms with Gasteiger partial charge in [0.2, 0.25) is 5.78 Å². The van der Waals surface area contributed by atoms with E-state index in [0.717, 1.165) is 16.8 Å². The van der Waals surface area contributed by atoms with Crippen LogP contribution in [0, 0.1) is 24.0 Å². The summed E-state index contributed by atoms with van der Waals surface area (Å²) in [6.07, 6.45) is 3.43. The Morgan fingerprint density at radius 1 is 1.12 bits per heavy atom. The minimum Gasteiger partial charge on any atom is -0.290 e. The lowest BCUT2D eigenvalue weighted by Crippen LogP contribution is -2.37. The summed E-state index contributed by atoms with van der Waals surface area (Å²) in [6, 6.07) is 13.7. The molecule has 0 aliphatic rings. The monoisotopic (exact) mass is 348 g/mol. The molecule has 1 aromatic heterocycles. The maximum Gasteiger partial charge on any atom is 0.287 e. The molecule has 3 rings (SSSR count). The highest BCUT2D eigenvalue weighted by molar-refractivity contribution is 5.95. The van der Waals surface area contributed by atoms with E-state index in [2.05, 4.69) is 11.1 Å². The van der Waals surface area contributed by atoms with E-state index in [1.807, 2.05) is 38.2 Å². The van der Waals surface area contributed by atoms with Crippen molar-refractivity contribution in [2.75, 3.05) is 0 Å². The summed E-state index contributed by atoms with van der Waals surface area (Å²) < 4.78 is 1.69. The largest absolute Gasteiger partial charge is 0.290 e. The number of nitrogens with zero attached hydrogens (tertiary/aromatic N) is 3. The Hall–Kier alpha value is -3.41. The zero-order valence-electron chi connectivity index (χ0n) is 14.5. The van der Waals surface area contributed by atoms with Gasteiger partial charge >= 0.3 is 0 Å². The van der Waals surface area contributed by atoms with Crippen molar-refractivity contribution in [2.45, 2.75) is 20.4 Å². The van der Waals surface area contributed by atoms with Gasteiger partial charge in [-0.25, -0.2) is 4.57 Å². The first kappa shape index (κ1) is 17.4. The molecule has 0 N–H and O–H groups in total. The highest BCUT2D eigenvalue weighted by Crippen LogP contribution is 2.21. The van der Waals surface area contributed by atoms with Gasteiger partial charge in [-0.2, -0.15) is 0 Å². The lowest BCUT2D eigenvalue weighted by atomic mass is 10.0. The number of hydrogen-bond acceptors (Lipinski definition) is 4. The van der Waals surface area contributed by atoms with Crippen molar-refractivity contribution in [1.82, 2.24) is 4.98 Å². The number of nitro groups is 1. The van der Waals surface area contributed by atoms with Crippen LogP contribution in [0.15, 0.2) is 61.1 Å². The first-order valence-corrected chi connectivity index (χ1v) is 8.14. The SMILES string of the molecule is Cc1ccc(-c2cc[n+](CC(=O)c3ccc([N+](=O)[O-])cc3)cn2)c(C)c1. The number of benzene rings is 2. The van der Waals surface area contributed by atoms with E-state index in [-0.39, 0.29) is 18.0 Å². The molecule has 1 heterocycles. The zero-order chi connectivity index (χ0) is 18.7. The molecule has 0 amide bonds. The van der Waals surface area contributed by atoms with Crippen LogP contribution in [0.5, 0.6) is 0 Å². The molecule has 6 heteroatoms. The fraction of sp³-hybridized carbons (Fsp3) is 0.150. The van der Waals surface area contributed by atoms with Gasteiger partial charge in [0.1, 0.15) is 0 Å². The van der Waals surface area contributed by atoms with Gasteiger partial charge in [-0.05, 0) is 36.5 Å². The Bertz CT molecular complexity index is 965. The molecule has 0 saturated heterocycles. The van der Waals surface area contributed by atoms with E-state index in [0.29, 0.717) is 5.56 Å². The highest BCUT2D eigenvalue weighted by atomic mass is 16.6. The minimum atomic E-state index is -0.487. The number of hydrogen-bond donors (Lipinski definition) is 0. The van der Waals surface area contributed by atoms with Crippen LogP contribution in [0.3, 0.4) is 0 Å². The molecule has 0 aliphatic carbocycles. The van der Waals surface area contributed by atoms with Gasteiger partial charge in [0.05, 0.1) is 11.1 Å². The fourth-order valence-electron chi connectivity index (χ4n) is 2.76. The fourth-order valence-corrected chi connectivity index (χ4v) is 2.76. The molecule has 0 atom stereocenters. The molecule has 0 radical (unpaired) electrons. The molecule has 0 aliphatic heterocycles. The summed E-state index contributed by atoms with van der Waals surface area (Å²) in [5.41, 5.74) is 4.66. The minimum absolute atomic E-state index is 0.0336. The van der Waals surface area contributed by atoms with E-state index < -0.39 is 4.92 Å². The molecule has 0 bridgehead atoms. The number of aromatic nitrogens is 2. The molecule has 0 fully saturated rings.